The fourth-order valence-corrected chi connectivity index (χ4v) is 2.30. The minimum Gasteiger partial charge on any atom is -0.464 e. The number of hydrogen-bond acceptors (Lipinski definition) is 3. The van der Waals surface area contributed by atoms with Crippen LogP contribution in [0.2, 0.25) is 0 Å². The molecule has 0 N–H and O–H groups in total. The van der Waals surface area contributed by atoms with Crippen molar-refractivity contribution in [3.8, 4) is 11.1 Å². The highest BCUT2D eigenvalue weighted by Gasteiger charge is 2.15. The number of fused-ring (bicyclic) bond motifs is 1. The SMILES string of the molecule is CC(C)CC(=O)c1cc(-c2coc3ccccc23)co1. The van der Waals surface area contributed by atoms with Gasteiger partial charge in [-0.15, -0.1) is 0 Å². The molecule has 0 unspecified atom stereocenters. The Morgan fingerprint density at radius 2 is 1.95 bits per heavy atom. The quantitative estimate of drug-likeness (QED) is 0.631. The lowest BCUT2D eigenvalue weighted by molar-refractivity contribution is 0.0940. The van der Waals surface area contributed by atoms with E-state index in [0.717, 1.165) is 22.1 Å². The van der Waals surface area contributed by atoms with Crippen molar-refractivity contribution in [2.75, 3.05) is 0 Å². The number of rotatable bonds is 4. The van der Waals surface area contributed by atoms with Crippen molar-refractivity contribution in [1.29, 1.82) is 0 Å². The maximum absolute atomic E-state index is 12.0. The van der Waals surface area contributed by atoms with Gasteiger partial charge in [0.05, 0.1) is 12.5 Å². The molecule has 20 heavy (non-hydrogen) atoms. The van der Waals surface area contributed by atoms with Crippen LogP contribution in [0, 0.1) is 5.92 Å². The number of Topliss-reactive ketones (excluding diaryl/α,β-unsaturated/α-hetero) is 1. The summed E-state index contributed by atoms with van der Waals surface area (Å²) < 4.78 is 10.9. The van der Waals surface area contributed by atoms with Crippen LogP contribution in [0.4, 0.5) is 0 Å². The highest BCUT2D eigenvalue weighted by Crippen LogP contribution is 2.31. The fraction of sp³-hybridized carbons (Fsp3) is 0.235. The lowest BCUT2D eigenvalue weighted by Gasteiger charge is -1.99. The van der Waals surface area contributed by atoms with Gasteiger partial charge in [-0.25, -0.2) is 0 Å². The predicted octanol–water partition coefficient (Wildman–Crippen LogP) is 4.92. The van der Waals surface area contributed by atoms with Crippen LogP contribution < -0.4 is 0 Å². The molecule has 0 bridgehead atoms. The molecule has 2 heterocycles. The molecule has 0 fully saturated rings. The number of carbonyl (C=O) groups excluding carboxylic acids is 1. The van der Waals surface area contributed by atoms with E-state index < -0.39 is 0 Å². The van der Waals surface area contributed by atoms with Crippen LogP contribution in [0.15, 0.2) is 51.7 Å². The van der Waals surface area contributed by atoms with E-state index in [4.69, 9.17) is 8.83 Å². The normalized spacial score (nSPS) is 11.3. The first-order valence-electron chi connectivity index (χ1n) is 6.73. The molecule has 102 valence electrons. The molecule has 0 aliphatic rings. The minimum atomic E-state index is 0.0408. The van der Waals surface area contributed by atoms with Gasteiger partial charge in [-0.1, -0.05) is 32.0 Å². The number of benzene rings is 1. The molecule has 0 aliphatic carbocycles. The van der Waals surface area contributed by atoms with E-state index in [1.54, 1.807) is 18.6 Å². The summed E-state index contributed by atoms with van der Waals surface area (Å²) in [7, 11) is 0. The largest absolute Gasteiger partial charge is 0.464 e. The zero-order valence-corrected chi connectivity index (χ0v) is 11.6. The molecule has 3 aromatic rings. The van der Waals surface area contributed by atoms with Gasteiger partial charge in [0.2, 0.25) is 0 Å². The van der Waals surface area contributed by atoms with Gasteiger partial charge in [-0.3, -0.25) is 4.79 Å². The molecule has 2 aromatic heterocycles. The van der Waals surface area contributed by atoms with Gasteiger partial charge in [0.1, 0.15) is 5.58 Å². The average molecular weight is 268 g/mol. The molecule has 1 aromatic carbocycles. The van der Waals surface area contributed by atoms with E-state index in [0.29, 0.717) is 18.1 Å². The zero-order valence-electron chi connectivity index (χ0n) is 11.6. The molecular weight excluding hydrogens is 252 g/mol. The van der Waals surface area contributed by atoms with Gasteiger partial charge in [0.25, 0.3) is 0 Å². The summed E-state index contributed by atoms with van der Waals surface area (Å²) in [6.45, 7) is 4.04. The number of hydrogen-bond donors (Lipinski definition) is 0. The second-order valence-corrected chi connectivity index (χ2v) is 5.37. The van der Waals surface area contributed by atoms with Crippen LogP contribution in [-0.4, -0.2) is 5.78 Å². The summed E-state index contributed by atoms with van der Waals surface area (Å²) in [5.74, 6) is 0.781. The Morgan fingerprint density at radius 3 is 2.75 bits per heavy atom. The van der Waals surface area contributed by atoms with Crippen molar-refractivity contribution in [3.63, 3.8) is 0 Å². The van der Waals surface area contributed by atoms with Crippen molar-refractivity contribution >= 4 is 16.8 Å². The minimum absolute atomic E-state index is 0.0408. The molecule has 3 nitrogen and oxygen atoms in total. The van der Waals surface area contributed by atoms with Crippen LogP contribution in [0.5, 0.6) is 0 Å². The molecule has 3 heteroatoms. The molecule has 0 saturated carbocycles. The van der Waals surface area contributed by atoms with Gasteiger partial charge in [0.15, 0.2) is 11.5 Å². The molecule has 0 saturated heterocycles. The maximum atomic E-state index is 12.0. The summed E-state index contributed by atoms with van der Waals surface area (Å²) in [5.41, 5.74) is 2.66. The van der Waals surface area contributed by atoms with Crippen LogP contribution in [0.25, 0.3) is 22.1 Å². The number of ketones is 1. The van der Waals surface area contributed by atoms with Crippen LogP contribution in [0.1, 0.15) is 30.8 Å². The Bertz CT molecular complexity index is 746. The van der Waals surface area contributed by atoms with E-state index in [1.807, 2.05) is 38.1 Å². The molecule has 0 atom stereocenters. The second kappa shape index (κ2) is 5.00. The summed E-state index contributed by atoms with van der Waals surface area (Å²) in [6.07, 6.45) is 3.82. The van der Waals surface area contributed by atoms with E-state index in [9.17, 15) is 4.79 Å². The summed E-state index contributed by atoms with van der Waals surface area (Å²) in [4.78, 5) is 12.0. The molecule has 0 aliphatic heterocycles. The van der Waals surface area contributed by atoms with Crippen molar-refractivity contribution in [3.05, 3.63) is 48.6 Å². The molecule has 0 spiro atoms. The van der Waals surface area contributed by atoms with Crippen molar-refractivity contribution < 1.29 is 13.6 Å². The Hall–Kier alpha value is -2.29. The average Bonchev–Trinajstić information content (AvgIpc) is 3.04. The Labute approximate surface area is 117 Å². The monoisotopic (exact) mass is 268 g/mol. The van der Waals surface area contributed by atoms with Gasteiger partial charge in [-0.05, 0) is 18.1 Å². The van der Waals surface area contributed by atoms with Gasteiger partial charge >= 0.3 is 0 Å². The third-order valence-corrected chi connectivity index (χ3v) is 3.26. The highest BCUT2D eigenvalue weighted by atomic mass is 16.3. The van der Waals surface area contributed by atoms with E-state index in [-0.39, 0.29) is 5.78 Å². The summed E-state index contributed by atoms with van der Waals surface area (Å²) >= 11 is 0. The Balaban J connectivity index is 1.96. The summed E-state index contributed by atoms with van der Waals surface area (Å²) in [5, 5.41) is 1.02. The number of carbonyl (C=O) groups is 1. The van der Waals surface area contributed by atoms with Crippen LogP contribution in [-0.2, 0) is 0 Å². The zero-order chi connectivity index (χ0) is 14.1. The van der Waals surface area contributed by atoms with Gasteiger partial charge in [0, 0.05) is 22.9 Å². The molecular formula is C17H16O3. The van der Waals surface area contributed by atoms with Crippen LogP contribution in [0.3, 0.4) is 0 Å². The third kappa shape index (κ3) is 2.27. The molecule has 0 radical (unpaired) electrons. The van der Waals surface area contributed by atoms with Gasteiger partial charge < -0.3 is 8.83 Å². The van der Waals surface area contributed by atoms with E-state index >= 15 is 0 Å². The van der Waals surface area contributed by atoms with Crippen molar-refractivity contribution in [1.82, 2.24) is 0 Å². The standard InChI is InChI=1S/C17H16O3/c1-11(2)7-15(18)17-8-12(9-19-17)14-10-20-16-6-4-3-5-13(14)16/h3-6,8-11H,7H2,1-2H3. The Kier molecular flexibility index (Phi) is 3.18. The van der Waals surface area contributed by atoms with Crippen molar-refractivity contribution in [2.24, 2.45) is 5.92 Å². The first-order valence-corrected chi connectivity index (χ1v) is 6.73. The Morgan fingerprint density at radius 1 is 1.15 bits per heavy atom. The predicted molar refractivity (Wildman–Crippen MR) is 77.7 cm³/mol. The lowest BCUT2D eigenvalue weighted by Crippen LogP contribution is -2.01. The van der Waals surface area contributed by atoms with Gasteiger partial charge in [-0.2, -0.15) is 0 Å². The summed E-state index contributed by atoms with van der Waals surface area (Å²) in [6, 6.07) is 9.61. The first kappa shape index (κ1) is 12.7. The lowest BCUT2D eigenvalue weighted by atomic mass is 10.0. The highest BCUT2D eigenvalue weighted by molar-refractivity contribution is 5.98. The third-order valence-electron chi connectivity index (χ3n) is 3.26. The van der Waals surface area contributed by atoms with Crippen molar-refractivity contribution in [2.45, 2.75) is 20.3 Å². The van der Waals surface area contributed by atoms with Crippen LogP contribution >= 0.6 is 0 Å². The second-order valence-electron chi connectivity index (χ2n) is 5.37. The molecule has 3 rings (SSSR count). The number of para-hydroxylation sites is 1. The smallest absolute Gasteiger partial charge is 0.198 e. The fourth-order valence-electron chi connectivity index (χ4n) is 2.30. The molecule has 0 amide bonds. The maximum Gasteiger partial charge on any atom is 0.198 e. The number of furan rings is 2. The van der Waals surface area contributed by atoms with E-state index in [2.05, 4.69) is 0 Å². The first-order chi connectivity index (χ1) is 9.65. The topological polar surface area (TPSA) is 43.4 Å². The van der Waals surface area contributed by atoms with E-state index in [1.165, 1.54) is 0 Å².